The van der Waals surface area contributed by atoms with E-state index in [1.165, 1.54) is 6.33 Å². The predicted molar refractivity (Wildman–Crippen MR) is 137 cm³/mol. The zero-order valence-electron chi connectivity index (χ0n) is 22.0. The van der Waals surface area contributed by atoms with Crippen LogP contribution in [0.1, 0.15) is 27.0 Å². The summed E-state index contributed by atoms with van der Waals surface area (Å²) in [7, 11) is 1.63. The molecule has 6 atom stereocenters. The van der Waals surface area contributed by atoms with Crippen molar-refractivity contribution in [3.05, 3.63) is 12.7 Å². The molecule has 4 bridgehead atoms. The zero-order chi connectivity index (χ0) is 25.3. The third kappa shape index (κ3) is 3.57. The molecule has 0 amide bonds. The smallest absolute Gasteiger partial charge is 0.204 e. The molecule has 12 heteroatoms. The fourth-order valence-corrected chi connectivity index (χ4v) is 10.4. The summed E-state index contributed by atoms with van der Waals surface area (Å²) in [6.45, 7) is 14.1. The molecular weight excluding hydrogens is 478 g/mol. The summed E-state index contributed by atoms with van der Waals surface area (Å²) in [4.78, 5) is 22.4. The Kier molecular flexibility index (Phi) is 5.78. The van der Waals surface area contributed by atoms with Gasteiger partial charge in [0.2, 0.25) is 8.32 Å². The Morgan fingerprint density at radius 1 is 1.22 bits per heavy atom. The van der Waals surface area contributed by atoms with E-state index in [0.29, 0.717) is 23.6 Å². The van der Waals surface area contributed by atoms with E-state index in [1.54, 1.807) is 12.7 Å². The van der Waals surface area contributed by atoms with Crippen LogP contribution < -0.4 is 0 Å². The van der Waals surface area contributed by atoms with Crippen LogP contribution in [0.3, 0.4) is 0 Å². The molecule has 0 saturated carbocycles. The normalized spacial score (nSPS) is 36.8. The van der Waals surface area contributed by atoms with Crippen LogP contribution in [0.4, 0.5) is 5.82 Å². The van der Waals surface area contributed by atoms with E-state index in [4.69, 9.17) is 18.6 Å². The van der Waals surface area contributed by atoms with Crippen molar-refractivity contribution in [1.29, 1.82) is 0 Å². The fourth-order valence-electron chi connectivity index (χ4n) is 6.27. The highest BCUT2D eigenvalue weighted by atomic mass is 28.4. The molecule has 196 valence electrons. The summed E-state index contributed by atoms with van der Waals surface area (Å²) in [5.41, 5.74) is 1.12. The third-order valence-electron chi connectivity index (χ3n) is 8.57. The highest BCUT2D eigenvalue weighted by molar-refractivity contribution is 6.78. The van der Waals surface area contributed by atoms with E-state index >= 15 is 0 Å². The molecule has 4 aliphatic rings. The SMILES string of the molecule is CN(C)C=Nc1ncnc2c1ncn2[C@@H]1O[C@]2(CN3CCOCC3)C3O[Si](C)(C(C)(C)C)C2COC31. The lowest BCUT2D eigenvalue weighted by Crippen LogP contribution is -2.58. The Morgan fingerprint density at radius 3 is 2.72 bits per heavy atom. The van der Waals surface area contributed by atoms with E-state index in [-0.39, 0.29) is 29.0 Å². The summed E-state index contributed by atoms with van der Waals surface area (Å²) in [6, 6.07) is 0. The Bertz CT molecular complexity index is 1160. The number of aromatic nitrogens is 4. The summed E-state index contributed by atoms with van der Waals surface area (Å²) in [6.07, 6.45) is 4.26. The van der Waals surface area contributed by atoms with Gasteiger partial charge in [-0.25, -0.2) is 19.9 Å². The Morgan fingerprint density at radius 2 is 2.00 bits per heavy atom. The van der Waals surface area contributed by atoms with Crippen LogP contribution in [0.2, 0.25) is 17.1 Å². The highest BCUT2D eigenvalue weighted by Gasteiger charge is 2.76. The minimum atomic E-state index is -2.21. The lowest BCUT2D eigenvalue weighted by atomic mass is 9.88. The van der Waals surface area contributed by atoms with Gasteiger partial charge in [0.1, 0.15) is 24.1 Å². The zero-order valence-corrected chi connectivity index (χ0v) is 23.0. The van der Waals surface area contributed by atoms with Gasteiger partial charge in [0.25, 0.3) is 0 Å². The van der Waals surface area contributed by atoms with Crippen LogP contribution in [-0.2, 0) is 18.6 Å². The van der Waals surface area contributed by atoms with Gasteiger partial charge in [-0.3, -0.25) is 9.47 Å². The maximum atomic E-state index is 7.16. The molecule has 6 rings (SSSR count). The number of rotatable bonds is 5. The average molecular weight is 516 g/mol. The fraction of sp³-hybridized carbons (Fsp3) is 0.750. The number of ether oxygens (including phenoxy) is 3. The van der Waals surface area contributed by atoms with Crippen LogP contribution in [0.25, 0.3) is 11.2 Å². The highest BCUT2D eigenvalue weighted by Crippen LogP contribution is 2.65. The Labute approximate surface area is 212 Å². The predicted octanol–water partition coefficient (Wildman–Crippen LogP) is 2.19. The number of nitrogens with zero attached hydrogens (tertiary/aromatic N) is 7. The molecule has 4 saturated heterocycles. The average Bonchev–Trinajstić information content (AvgIpc) is 3.36. The van der Waals surface area contributed by atoms with Crippen LogP contribution in [-0.4, -0.2) is 115 Å². The van der Waals surface area contributed by atoms with Crippen LogP contribution in [0, 0.1) is 0 Å². The molecule has 0 N–H and O–H groups in total. The third-order valence-corrected chi connectivity index (χ3v) is 14.3. The Balaban J connectivity index is 1.40. The number of hydrogen-bond acceptors (Lipinski definition) is 9. The monoisotopic (exact) mass is 515 g/mol. The van der Waals surface area contributed by atoms with Crippen molar-refractivity contribution in [1.82, 2.24) is 29.3 Å². The number of aliphatic imine (C=N–C) groups is 1. The molecule has 11 nitrogen and oxygen atoms in total. The molecule has 4 unspecified atom stereocenters. The minimum absolute atomic E-state index is 0.0609. The van der Waals surface area contributed by atoms with E-state index in [9.17, 15) is 0 Å². The maximum absolute atomic E-state index is 7.16. The lowest BCUT2D eigenvalue weighted by Gasteiger charge is -2.45. The Hall–Kier alpha value is -1.96. The standard InChI is InChI=1S/C24H37N7O4Si/c1-23(2,3)36(6)16-11-33-18-19(35-36)24(16,12-30-7-9-32-10-8-30)34-22(18)31-15-27-17-20(28-14-29(4)5)25-13-26-21(17)31/h13-16,18-19,22H,7-12H2,1-6H3/t16?,18?,19?,22-,24+,36?/m1/s1. The second-order valence-corrected chi connectivity index (χ2v) is 16.5. The summed E-state index contributed by atoms with van der Waals surface area (Å²) >= 11 is 0. The summed E-state index contributed by atoms with van der Waals surface area (Å²) in [5, 5.41) is 0.0609. The summed E-state index contributed by atoms with van der Waals surface area (Å²) in [5.74, 6) is 0.530. The van der Waals surface area contributed by atoms with Crippen molar-refractivity contribution in [3.8, 4) is 0 Å². The van der Waals surface area contributed by atoms with Gasteiger partial charge in [-0.15, -0.1) is 0 Å². The van der Waals surface area contributed by atoms with E-state index < -0.39 is 13.9 Å². The largest absolute Gasteiger partial charge is 0.407 e. The second-order valence-electron chi connectivity index (χ2n) is 11.8. The van der Waals surface area contributed by atoms with E-state index in [0.717, 1.165) is 32.8 Å². The topological polar surface area (TPSA) is 99.4 Å². The first kappa shape index (κ1) is 24.4. The molecular formula is C24H37N7O4Si. The van der Waals surface area contributed by atoms with Crippen molar-refractivity contribution < 1.29 is 18.6 Å². The molecule has 0 radical (unpaired) electrons. The molecule has 4 fully saturated rings. The minimum Gasteiger partial charge on any atom is -0.407 e. The van der Waals surface area contributed by atoms with Crippen LogP contribution in [0.5, 0.6) is 0 Å². The van der Waals surface area contributed by atoms with Gasteiger partial charge in [-0.2, -0.15) is 0 Å². The summed E-state index contributed by atoms with van der Waals surface area (Å²) < 4.78 is 28.5. The molecule has 4 aliphatic heterocycles. The van der Waals surface area contributed by atoms with Gasteiger partial charge >= 0.3 is 0 Å². The molecule has 0 spiro atoms. The first-order valence-corrected chi connectivity index (χ1v) is 15.3. The lowest BCUT2D eigenvalue weighted by molar-refractivity contribution is -0.110. The van der Waals surface area contributed by atoms with Crippen molar-refractivity contribution in [2.75, 3.05) is 53.6 Å². The van der Waals surface area contributed by atoms with Crippen molar-refractivity contribution in [2.24, 2.45) is 4.99 Å². The number of fused-ring (bicyclic) bond motifs is 1. The van der Waals surface area contributed by atoms with Crippen molar-refractivity contribution >= 4 is 31.6 Å². The quantitative estimate of drug-likeness (QED) is 0.337. The first-order valence-electron chi connectivity index (χ1n) is 12.8. The number of morpholine rings is 1. The van der Waals surface area contributed by atoms with Gasteiger partial charge in [0, 0.05) is 39.3 Å². The molecule has 36 heavy (non-hydrogen) atoms. The van der Waals surface area contributed by atoms with Gasteiger partial charge < -0.3 is 23.5 Å². The molecule has 2 aromatic rings. The molecule has 0 aliphatic carbocycles. The van der Waals surface area contributed by atoms with Crippen molar-refractivity contribution in [3.63, 3.8) is 0 Å². The van der Waals surface area contributed by atoms with Crippen molar-refractivity contribution in [2.45, 2.75) is 61.9 Å². The van der Waals surface area contributed by atoms with Gasteiger partial charge in [0.05, 0.1) is 32.5 Å². The number of hydrogen-bond donors (Lipinski definition) is 0. The van der Waals surface area contributed by atoms with Gasteiger partial charge in [-0.05, 0) is 11.6 Å². The van der Waals surface area contributed by atoms with Gasteiger partial charge in [0.15, 0.2) is 23.2 Å². The molecule has 0 aromatic carbocycles. The second kappa shape index (κ2) is 8.53. The molecule has 2 aromatic heterocycles. The number of imidazole rings is 1. The maximum Gasteiger partial charge on any atom is 0.204 e. The molecule has 6 heterocycles. The van der Waals surface area contributed by atoms with Crippen LogP contribution >= 0.6 is 0 Å². The van der Waals surface area contributed by atoms with Crippen LogP contribution in [0.15, 0.2) is 17.6 Å². The van der Waals surface area contributed by atoms with E-state index in [1.807, 2.05) is 23.6 Å². The van der Waals surface area contributed by atoms with Gasteiger partial charge in [-0.1, -0.05) is 20.8 Å². The van der Waals surface area contributed by atoms with E-state index in [2.05, 4.69) is 52.2 Å². The first-order chi connectivity index (χ1) is 17.1.